The van der Waals surface area contributed by atoms with Crippen LogP contribution in [0.3, 0.4) is 0 Å². The summed E-state index contributed by atoms with van der Waals surface area (Å²) < 4.78 is 27.3. The van der Waals surface area contributed by atoms with Crippen LogP contribution in [0.1, 0.15) is 17.5 Å². The lowest BCUT2D eigenvalue weighted by atomic mass is 9.88. The van der Waals surface area contributed by atoms with Crippen molar-refractivity contribution in [3.8, 4) is 0 Å². The van der Waals surface area contributed by atoms with Crippen molar-refractivity contribution in [3.63, 3.8) is 0 Å². The minimum atomic E-state index is -3.79. The average Bonchev–Trinajstić information content (AvgIpc) is 2.55. The summed E-state index contributed by atoms with van der Waals surface area (Å²) in [6.45, 7) is 0. The molecule has 1 unspecified atom stereocenters. The molecule has 1 aliphatic carbocycles. The van der Waals surface area contributed by atoms with Gasteiger partial charge in [0.1, 0.15) is 0 Å². The second-order valence-electron chi connectivity index (χ2n) is 5.84. The van der Waals surface area contributed by atoms with Crippen LogP contribution in [0.2, 0.25) is 0 Å². The molecule has 126 valence electrons. The molecule has 0 radical (unpaired) electrons. The largest absolute Gasteiger partial charge is 0.327 e. The monoisotopic (exact) mass is 347 g/mol. The van der Waals surface area contributed by atoms with Gasteiger partial charge in [-0.3, -0.25) is 14.8 Å². The van der Waals surface area contributed by atoms with Crippen molar-refractivity contribution in [1.82, 2.24) is 0 Å². The predicted octanol–water partition coefficient (Wildman–Crippen LogP) is 2.21. The Labute approximate surface area is 139 Å². The number of nitrogens with zero attached hydrogens (tertiary/aromatic N) is 1. The Kier molecular flexibility index (Phi) is 4.25. The molecule has 0 saturated carbocycles. The van der Waals surface area contributed by atoms with Gasteiger partial charge < -0.3 is 5.73 Å². The van der Waals surface area contributed by atoms with Gasteiger partial charge in [-0.05, 0) is 54.7 Å². The van der Waals surface area contributed by atoms with Crippen LogP contribution in [-0.4, -0.2) is 19.4 Å². The maximum absolute atomic E-state index is 12.4. The quantitative estimate of drug-likeness (QED) is 0.650. The number of benzene rings is 2. The van der Waals surface area contributed by atoms with Crippen LogP contribution in [-0.2, 0) is 22.9 Å². The predicted molar refractivity (Wildman–Crippen MR) is 90.3 cm³/mol. The highest BCUT2D eigenvalue weighted by atomic mass is 32.2. The number of hydrogen-bond donors (Lipinski definition) is 2. The van der Waals surface area contributed by atoms with Gasteiger partial charge in [-0.15, -0.1) is 0 Å². The highest BCUT2D eigenvalue weighted by Crippen LogP contribution is 2.25. The summed E-state index contributed by atoms with van der Waals surface area (Å²) >= 11 is 0. The van der Waals surface area contributed by atoms with Gasteiger partial charge >= 0.3 is 0 Å². The van der Waals surface area contributed by atoms with E-state index in [-0.39, 0.29) is 16.6 Å². The second-order valence-corrected chi connectivity index (χ2v) is 7.53. The van der Waals surface area contributed by atoms with E-state index in [1.54, 1.807) is 6.07 Å². The molecule has 0 fully saturated rings. The lowest BCUT2D eigenvalue weighted by Gasteiger charge is -2.22. The number of sulfonamides is 1. The van der Waals surface area contributed by atoms with E-state index < -0.39 is 14.9 Å². The number of non-ortho nitro benzene ring substituents is 1. The van der Waals surface area contributed by atoms with Crippen molar-refractivity contribution >= 4 is 21.4 Å². The van der Waals surface area contributed by atoms with Crippen molar-refractivity contribution < 1.29 is 13.3 Å². The zero-order valence-electron chi connectivity index (χ0n) is 12.8. The molecule has 8 heteroatoms. The molecule has 0 aliphatic heterocycles. The van der Waals surface area contributed by atoms with Crippen LogP contribution in [0.5, 0.6) is 0 Å². The molecule has 0 heterocycles. The van der Waals surface area contributed by atoms with E-state index in [4.69, 9.17) is 5.73 Å². The Morgan fingerprint density at radius 1 is 1.12 bits per heavy atom. The highest BCUT2D eigenvalue weighted by molar-refractivity contribution is 7.92. The van der Waals surface area contributed by atoms with Gasteiger partial charge in [0.15, 0.2) is 0 Å². The summed E-state index contributed by atoms with van der Waals surface area (Å²) in [6.07, 6.45) is 2.50. The Morgan fingerprint density at radius 2 is 1.83 bits per heavy atom. The van der Waals surface area contributed by atoms with Crippen molar-refractivity contribution in [2.75, 3.05) is 4.72 Å². The summed E-state index contributed by atoms with van der Waals surface area (Å²) in [4.78, 5) is 10.1. The zero-order chi connectivity index (χ0) is 17.3. The third kappa shape index (κ3) is 3.39. The first kappa shape index (κ1) is 16.4. The van der Waals surface area contributed by atoms with E-state index in [1.807, 2.05) is 12.1 Å². The van der Waals surface area contributed by atoms with Crippen molar-refractivity contribution in [3.05, 3.63) is 63.7 Å². The molecule has 24 heavy (non-hydrogen) atoms. The summed E-state index contributed by atoms with van der Waals surface area (Å²) in [7, 11) is -3.79. The van der Waals surface area contributed by atoms with Crippen molar-refractivity contribution in [2.24, 2.45) is 5.73 Å². The zero-order valence-corrected chi connectivity index (χ0v) is 13.6. The topological polar surface area (TPSA) is 115 Å². The van der Waals surface area contributed by atoms with Gasteiger partial charge in [-0.25, -0.2) is 8.42 Å². The maximum atomic E-state index is 12.4. The SMILES string of the molecule is NC1CCc2cc(NS(=O)(=O)c3ccc([N+](=O)[O-])cc3)ccc2C1. The number of nitrogens with two attached hydrogens (primary N) is 1. The van der Waals surface area contributed by atoms with E-state index in [9.17, 15) is 18.5 Å². The minimum Gasteiger partial charge on any atom is -0.327 e. The smallest absolute Gasteiger partial charge is 0.269 e. The number of nitro benzene ring substituents is 1. The number of anilines is 1. The molecule has 1 atom stereocenters. The Balaban J connectivity index is 1.83. The average molecular weight is 347 g/mol. The number of aryl methyl sites for hydroxylation is 1. The summed E-state index contributed by atoms with van der Waals surface area (Å²) in [5.41, 5.74) is 8.50. The summed E-state index contributed by atoms with van der Waals surface area (Å²) in [5, 5.41) is 10.6. The normalized spacial score (nSPS) is 17.1. The third-order valence-corrected chi connectivity index (χ3v) is 5.48. The number of nitro groups is 1. The van der Waals surface area contributed by atoms with Gasteiger partial charge in [0.2, 0.25) is 0 Å². The summed E-state index contributed by atoms with van der Waals surface area (Å²) in [6, 6.07) is 10.4. The van der Waals surface area contributed by atoms with Gasteiger partial charge in [-0.1, -0.05) is 6.07 Å². The maximum Gasteiger partial charge on any atom is 0.269 e. The molecule has 0 saturated heterocycles. The number of nitrogens with one attached hydrogen (secondary N) is 1. The first-order valence-corrected chi connectivity index (χ1v) is 8.98. The Morgan fingerprint density at radius 3 is 2.50 bits per heavy atom. The molecule has 0 bridgehead atoms. The van der Waals surface area contributed by atoms with Gasteiger partial charge in [0.05, 0.1) is 9.82 Å². The molecule has 0 spiro atoms. The summed E-state index contributed by atoms with van der Waals surface area (Å²) in [5.74, 6) is 0. The first-order chi connectivity index (χ1) is 11.3. The third-order valence-electron chi connectivity index (χ3n) is 4.08. The van der Waals surface area contributed by atoms with E-state index in [2.05, 4.69) is 4.72 Å². The van der Waals surface area contributed by atoms with Gasteiger partial charge in [0, 0.05) is 23.9 Å². The minimum absolute atomic E-state index is 0.0205. The van der Waals surface area contributed by atoms with Crippen LogP contribution < -0.4 is 10.5 Å². The lowest BCUT2D eigenvalue weighted by Crippen LogP contribution is -2.27. The fraction of sp³-hybridized carbons (Fsp3) is 0.250. The first-order valence-electron chi connectivity index (χ1n) is 7.50. The number of hydrogen-bond acceptors (Lipinski definition) is 5. The molecule has 0 amide bonds. The Bertz CT molecular complexity index is 879. The van der Waals surface area contributed by atoms with Crippen molar-refractivity contribution in [1.29, 1.82) is 0 Å². The molecule has 1 aliphatic rings. The molecule has 2 aromatic carbocycles. The fourth-order valence-electron chi connectivity index (χ4n) is 2.81. The molecular weight excluding hydrogens is 330 g/mol. The van der Waals surface area contributed by atoms with E-state index >= 15 is 0 Å². The van der Waals surface area contributed by atoms with Crippen LogP contribution in [0, 0.1) is 10.1 Å². The fourth-order valence-corrected chi connectivity index (χ4v) is 3.86. The standard InChI is InChI=1S/C16H17N3O4S/c17-13-3-1-12-10-14(4-2-11(12)9-13)18-24(22,23)16-7-5-15(6-8-16)19(20)21/h2,4-8,10,13,18H,1,3,9,17H2. The highest BCUT2D eigenvalue weighted by Gasteiger charge is 2.19. The molecular formula is C16H17N3O4S. The van der Waals surface area contributed by atoms with Crippen LogP contribution in [0.15, 0.2) is 47.4 Å². The molecule has 0 aromatic heterocycles. The van der Waals surface area contributed by atoms with Gasteiger partial charge in [-0.2, -0.15) is 0 Å². The lowest BCUT2D eigenvalue weighted by molar-refractivity contribution is -0.384. The second kappa shape index (κ2) is 6.21. The van der Waals surface area contributed by atoms with Crippen LogP contribution in [0.25, 0.3) is 0 Å². The van der Waals surface area contributed by atoms with E-state index in [0.29, 0.717) is 5.69 Å². The van der Waals surface area contributed by atoms with Gasteiger partial charge in [0.25, 0.3) is 15.7 Å². The number of rotatable bonds is 4. The van der Waals surface area contributed by atoms with E-state index in [0.717, 1.165) is 30.4 Å². The molecule has 2 aromatic rings. The van der Waals surface area contributed by atoms with Crippen molar-refractivity contribution in [2.45, 2.75) is 30.2 Å². The van der Waals surface area contributed by atoms with Crippen LogP contribution >= 0.6 is 0 Å². The Hall–Kier alpha value is -2.45. The molecule has 3 N–H and O–H groups in total. The van der Waals surface area contributed by atoms with E-state index in [1.165, 1.54) is 24.3 Å². The molecule has 3 rings (SSSR count). The number of fused-ring (bicyclic) bond motifs is 1. The molecule has 7 nitrogen and oxygen atoms in total. The van der Waals surface area contributed by atoms with Crippen LogP contribution in [0.4, 0.5) is 11.4 Å².